The van der Waals surface area contributed by atoms with Gasteiger partial charge in [-0.05, 0) is 43.4 Å². The molecule has 0 aliphatic carbocycles. The number of aromatic amines is 1. The Balaban J connectivity index is 2.15. The van der Waals surface area contributed by atoms with E-state index in [4.69, 9.17) is 11.5 Å². The van der Waals surface area contributed by atoms with Gasteiger partial charge in [-0.1, -0.05) is 36.8 Å². The summed E-state index contributed by atoms with van der Waals surface area (Å²) in [5.41, 5.74) is 12.8. The van der Waals surface area contributed by atoms with Gasteiger partial charge in [0.15, 0.2) is 0 Å². The van der Waals surface area contributed by atoms with E-state index in [-0.39, 0.29) is 12.8 Å². The number of carboxylic acid groups (broad SMARTS) is 1. The van der Waals surface area contributed by atoms with Crippen molar-refractivity contribution in [3.63, 3.8) is 0 Å². The maximum atomic E-state index is 13.3. The standard InChI is InChI=1S/C26H39N7O5S/c1-39-12-10-20(31-23(34)19(28)9-5-6-11-27)24(35)32-21(14-18-15-29-16-30-18)25(36)33-22(26(37)38)13-17-7-3-2-4-8-17/h2-4,7-8,15-16,19-22H,5-6,9-14,27-28H2,1H3,(H,29,30)(H,31,34)(H,32,35)(H,33,36)(H,37,38). The van der Waals surface area contributed by atoms with Crippen molar-refractivity contribution in [1.82, 2.24) is 25.9 Å². The number of aromatic nitrogens is 2. The molecule has 0 bridgehead atoms. The summed E-state index contributed by atoms with van der Waals surface area (Å²) in [6.45, 7) is 0.501. The fraction of sp³-hybridized carbons (Fsp3) is 0.500. The van der Waals surface area contributed by atoms with Gasteiger partial charge >= 0.3 is 5.97 Å². The van der Waals surface area contributed by atoms with Crippen LogP contribution in [0.1, 0.15) is 36.9 Å². The normalized spacial score (nSPS) is 14.0. The molecule has 2 aromatic rings. The second-order valence-electron chi connectivity index (χ2n) is 9.16. The van der Waals surface area contributed by atoms with Gasteiger partial charge in [-0.2, -0.15) is 11.8 Å². The molecule has 214 valence electrons. The summed E-state index contributed by atoms with van der Waals surface area (Å²) in [5.74, 6) is -2.32. The first-order valence-electron chi connectivity index (χ1n) is 12.8. The van der Waals surface area contributed by atoms with Gasteiger partial charge in [-0.15, -0.1) is 0 Å². The van der Waals surface area contributed by atoms with Gasteiger partial charge in [0.05, 0.1) is 12.4 Å². The Morgan fingerprint density at radius 3 is 2.23 bits per heavy atom. The van der Waals surface area contributed by atoms with Gasteiger partial charge in [-0.25, -0.2) is 9.78 Å². The molecule has 4 unspecified atom stereocenters. The molecule has 2 rings (SSSR count). The molecule has 0 radical (unpaired) electrons. The van der Waals surface area contributed by atoms with Gasteiger partial charge in [0.2, 0.25) is 17.7 Å². The number of nitrogens with one attached hydrogen (secondary N) is 4. The smallest absolute Gasteiger partial charge is 0.326 e. The van der Waals surface area contributed by atoms with E-state index in [0.29, 0.717) is 37.3 Å². The van der Waals surface area contributed by atoms with Crippen molar-refractivity contribution in [2.75, 3.05) is 18.6 Å². The van der Waals surface area contributed by atoms with Gasteiger partial charge < -0.3 is 37.5 Å². The van der Waals surface area contributed by atoms with Gasteiger partial charge in [0.1, 0.15) is 18.1 Å². The molecule has 39 heavy (non-hydrogen) atoms. The molecular formula is C26H39N7O5S. The molecule has 1 aromatic heterocycles. The van der Waals surface area contributed by atoms with Crippen LogP contribution in [0.15, 0.2) is 42.9 Å². The lowest BCUT2D eigenvalue weighted by Crippen LogP contribution is -2.58. The van der Waals surface area contributed by atoms with E-state index < -0.39 is 47.9 Å². The minimum atomic E-state index is -1.21. The van der Waals surface area contributed by atoms with E-state index in [0.717, 1.165) is 12.0 Å². The molecule has 12 nitrogen and oxygen atoms in total. The molecule has 0 aliphatic rings. The maximum Gasteiger partial charge on any atom is 0.326 e. The zero-order valence-electron chi connectivity index (χ0n) is 22.1. The van der Waals surface area contributed by atoms with E-state index >= 15 is 0 Å². The Kier molecular flexibility index (Phi) is 14.0. The van der Waals surface area contributed by atoms with Crippen molar-refractivity contribution in [2.24, 2.45) is 11.5 Å². The lowest BCUT2D eigenvalue weighted by molar-refractivity contribution is -0.142. The van der Waals surface area contributed by atoms with Crippen LogP contribution in [0.3, 0.4) is 0 Å². The highest BCUT2D eigenvalue weighted by atomic mass is 32.2. The van der Waals surface area contributed by atoms with Crippen LogP contribution in [0.25, 0.3) is 0 Å². The number of carbonyl (C=O) groups is 4. The topological polar surface area (TPSA) is 205 Å². The fourth-order valence-corrected chi connectivity index (χ4v) is 4.31. The zero-order chi connectivity index (χ0) is 28.6. The first kappa shape index (κ1) is 31.8. The molecule has 0 fully saturated rings. The Labute approximate surface area is 232 Å². The number of imidazole rings is 1. The summed E-state index contributed by atoms with van der Waals surface area (Å²) in [6, 6.07) is 4.86. The number of nitrogens with zero attached hydrogens (tertiary/aromatic N) is 1. The fourth-order valence-electron chi connectivity index (χ4n) is 3.84. The summed E-state index contributed by atoms with van der Waals surface area (Å²) in [7, 11) is 0. The SMILES string of the molecule is CSCCC(NC(=O)C(N)CCCCN)C(=O)NC(Cc1cnc[nH]1)C(=O)NC(Cc1ccccc1)C(=O)O. The Morgan fingerprint density at radius 2 is 1.62 bits per heavy atom. The number of carboxylic acids is 1. The minimum Gasteiger partial charge on any atom is -0.480 e. The molecule has 0 spiro atoms. The number of carbonyl (C=O) groups excluding carboxylic acids is 3. The summed E-state index contributed by atoms with van der Waals surface area (Å²) < 4.78 is 0. The summed E-state index contributed by atoms with van der Waals surface area (Å²) in [4.78, 5) is 58.0. The number of aliphatic carboxylic acids is 1. The second kappa shape index (κ2) is 17.2. The largest absolute Gasteiger partial charge is 0.480 e. The number of nitrogens with two attached hydrogens (primary N) is 2. The van der Waals surface area contributed by atoms with E-state index in [1.54, 1.807) is 24.3 Å². The van der Waals surface area contributed by atoms with Crippen molar-refractivity contribution < 1.29 is 24.3 Å². The second-order valence-corrected chi connectivity index (χ2v) is 10.2. The third-order valence-corrected chi connectivity index (χ3v) is 6.70. The molecular weight excluding hydrogens is 522 g/mol. The number of rotatable bonds is 18. The summed E-state index contributed by atoms with van der Waals surface area (Å²) in [6.07, 6.45) is 7.12. The maximum absolute atomic E-state index is 13.3. The van der Waals surface area contributed by atoms with Crippen molar-refractivity contribution in [3.8, 4) is 0 Å². The first-order chi connectivity index (χ1) is 18.7. The number of hydrogen-bond donors (Lipinski definition) is 7. The number of H-pyrrole nitrogens is 1. The zero-order valence-corrected chi connectivity index (χ0v) is 22.9. The van der Waals surface area contributed by atoms with Crippen LogP contribution in [-0.2, 0) is 32.0 Å². The molecule has 4 atom stereocenters. The van der Waals surface area contributed by atoms with E-state index in [2.05, 4.69) is 25.9 Å². The van der Waals surface area contributed by atoms with Crippen molar-refractivity contribution in [2.45, 2.75) is 62.7 Å². The number of benzene rings is 1. The van der Waals surface area contributed by atoms with Crippen LogP contribution in [0, 0.1) is 0 Å². The third-order valence-electron chi connectivity index (χ3n) is 6.06. The van der Waals surface area contributed by atoms with E-state index in [9.17, 15) is 24.3 Å². The molecule has 1 aromatic carbocycles. The monoisotopic (exact) mass is 561 g/mol. The molecule has 0 saturated heterocycles. The average molecular weight is 562 g/mol. The highest BCUT2D eigenvalue weighted by molar-refractivity contribution is 7.98. The Hall–Kier alpha value is -3.42. The van der Waals surface area contributed by atoms with Crippen LogP contribution in [-0.4, -0.2) is 81.5 Å². The highest BCUT2D eigenvalue weighted by Gasteiger charge is 2.30. The molecule has 0 aliphatic heterocycles. The van der Waals surface area contributed by atoms with Gasteiger partial charge in [0, 0.05) is 24.7 Å². The summed E-state index contributed by atoms with van der Waals surface area (Å²) >= 11 is 1.51. The lowest BCUT2D eigenvalue weighted by atomic mass is 10.0. The minimum absolute atomic E-state index is 0.0387. The van der Waals surface area contributed by atoms with Crippen LogP contribution in [0.5, 0.6) is 0 Å². The molecule has 1 heterocycles. The molecule has 3 amide bonds. The quantitative estimate of drug-likeness (QED) is 0.122. The number of thioether (sulfide) groups is 1. The molecule has 0 saturated carbocycles. The van der Waals surface area contributed by atoms with E-state index in [1.165, 1.54) is 24.3 Å². The third kappa shape index (κ3) is 11.5. The predicted octanol–water partition coefficient (Wildman–Crippen LogP) is -0.0567. The Morgan fingerprint density at radius 1 is 0.949 bits per heavy atom. The number of hydrogen-bond acceptors (Lipinski definition) is 8. The average Bonchev–Trinajstić information content (AvgIpc) is 3.43. The highest BCUT2D eigenvalue weighted by Crippen LogP contribution is 2.08. The van der Waals surface area contributed by atoms with Crippen molar-refractivity contribution >= 4 is 35.5 Å². The number of amides is 3. The lowest BCUT2D eigenvalue weighted by Gasteiger charge is -2.25. The Bertz CT molecular complexity index is 1040. The van der Waals surface area contributed by atoms with Crippen LogP contribution in [0.2, 0.25) is 0 Å². The first-order valence-corrected chi connectivity index (χ1v) is 14.2. The summed E-state index contributed by atoms with van der Waals surface area (Å²) in [5, 5.41) is 17.7. The molecule has 13 heteroatoms. The predicted molar refractivity (Wildman–Crippen MR) is 150 cm³/mol. The van der Waals surface area contributed by atoms with Crippen LogP contribution in [0.4, 0.5) is 0 Å². The van der Waals surface area contributed by atoms with Crippen LogP contribution >= 0.6 is 11.8 Å². The van der Waals surface area contributed by atoms with Crippen molar-refractivity contribution in [3.05, 3.63) is 54.1 Å². The van der Waals surface area contributed by atoms with Gasteiger partial charge in [0.25, 0.3) is 0 Å². The number of unbranched alkanes of at least 4 members (excludes halogenated alkanes) is 1. The van der Waals surface area contributed by atoms with E-state index in [1.807, 2.05) is 12.3 Å². The molecule has 9 N–H and O–H groups in total. The van der Waals surface area contributed by atoms with Crippen LogP contribution < -0.4 is 27.4 Å². The van der Waals surface area contributed by atoms with Gasteiger partial charge in [-0.3, -0.25) is 14.4 Å². The van der Waals surface area contributed by atoms with Crippen molar-refractivity contribution in [1.29, 1.82) is 0 Å².